The lowest BCUT2D eigenvalue weighted by atomic mass is 9.53. The normalized spacial score (nSPS) is 40.1. The van der Waals surface area contributed by atoms with Crippen molar-refractivity contribution in [1.82, 2.24) is 0 Å². The van der Waals surface area contributed by atoms with E-state index in [-0.39, 0.29) is 0 Å². The molecule has 1 saturated heterocycles. The van der Waals surface area contributed by atoms with Crippen molar-refractivity contribution >= 4 is 0 Å². The van der Waals surface area contributed by atoms with Gasteiger partial charge >= 0.3 is 0 Å². The molecule has 5 saturated carbocycles. The molecule has 0 amide bonds. The summed E-state index contributed by atoms with van der Waals surface area (Å²) in [5.74, 6) is 3.28. The van der Waals surface area contributed by atoms with Gasteiger partial charge in [0.15, 0.2) is 0 Å². The third-order valence-electron chi connectivity index (χ3n) is 9.80. The standard InChI is InChI=1S/C31H46O4/c1-29(2,3)13-5-4-6-15-32-28-11-9-24(10-12-28)25-8-7-14-30(21-25)33-31(35-34-30)26-17-22-16-23(19-26)20-27(31)18-22/h9-12,22-23,25-27H,4-8,13-21H2,1-3H3/t22?,23?,25?,26?,27?,30-,31?/m1/s1. The molecular weight excluding hydrogens is 436 g/mol. The van der Waals surface area contributed by atoms with E-state index in [9.17, 15) is 0 Å². The van der Waals surface area contributed by atoms with Crippen molar-refractivity contribution in [1.29, 1.82) is 0 Å². The lowest BCUT2D eigenvalue weighted by molar-refractivity contribution is -0.390. The SMILES string of the molecule is CC(C)(C)CCCCCOc1ccc(C2CCC[C@]3(C2)OOC2(O3)C3CC4CC(C3)CC2C4)cc1. The topological polar surface area (TPSA) is 36.9 Å². The predicted molar refractivity (Wildman–Crippen MR) is 137 cm³/mol. The van der Waals surface area contributed by atoms with Crippen LogP contribution in [0.5, 0.6) is 5.75 Å². The fourth-order valence-electron chi connectivity index (χ4n) is 8.22. The van der Waals surface area contributed by atoms with Gasteiger partial charge in [-0.3, -0.25) is 0 Å². The highest BCUT2D eigenvalue weighted by Crippen LogP contribution is 2.64. The first-order valence-corrected chi connectivity index (χ1v) is 14.6. The summed E-state index contributed by atoms with van der Waals surface area (Å²) in [5, 5.41) is 0. The van der Waals surface area contributed by atoms with Crippen molar-refractivity contribution in [3.63, 3.8) is 0 Å². The molecule has 2 atom stereocenters. The number of rotatable bonds is 7. The van der Waals surface area contributed by atoms with Crippen LogP contribution in [0.4, 0.5) is 0 Å². The predicted octanol–water partition coefficient (Wildman–Crippen LogP) is 8.16. The van der Waals surface area contributed by atoms with Gasteiger partial charge in [0.05, 0.1) is 6.61 Å². The number of hydrogen-bond donors (Lipinski definition) is 0. The zero-order valence-electron chi connectivity index (χ0n) is 22.2. The van der Waals surface area contributed by atoms with Crippen molar-refractivity contribution in [2.24, 2.45) is 29.1 Å². The molecule has 5 aliphatic carbocycles. The van der Waals surface area contributed by atoms with Crippen LogP contribution in [0.2, 0.25) is 0 Å². The van der Waals surface area contributed by atoms with Crippen molar-refractivity contribution < 1.29 is 19.2 Å². The molecule has 6 fully saturated rings. The summed E-state index contributed by atoms with van der Waals surface area (Å²) in [6.07, 6.45) is 15.6. The van der Waals surface area contributed by atoms with E-state index >= 15 is 0 Å². The molecule has 6 aliphatic rings. The molecule has 4 bridgehead atoms. The Bertz CT molecular complexity index is 843. The Labute approximate surface area is 212 Å². The first-order chi connectivity index (χ1) is 16.8. The van der Waals surface area contributed by atoms with Gasteiger partial charge in [0, 0.05) is 24.7 Å². The molecule has 7 rings (SSSR count). The second-order valence-corrected chi connectivity index (χ2v) is 13.8. The second kappa shape index (κ2) is 9.33. The van der Waals surface area contributed by atoms with E-state index in [0.29, 0.717) is 23.2 Å². The summed E-state index contributed by atoms with van der Waals surface area (Å²) in [6, 6.07) is 8.82. The first kappa shape index (κ1) is 24.2. The highest BCUT2D eigenvalue weighted by atomic mass is 17.3. The highest BCUT2D eigenvalue weighted by molar-refractivity contribution is 5.30. The Hall–Kier alpha value is -1.10. The molecule has 4 heteroatoms. The Balaban J connectivity index is 1.03. The Morgan fingerprint density at radius 3 is 2.29 bits per heavy atom. The van der Waals surface area contributed by atoms with Crippen molar-refractivity contribution in [2.75, 3.05) is 6.61 Å². The average Bonchev–Trinajstić information content (AvgIpc) is 3.18. The van der Waals surface area contributed by atoms with Gasteiger partial charge in [0.2, 0.25) is 11.6 Å². The lowest BCUT2D eigenvalue weighted by Gasteiger charge is -2.57. The fraction of sp³-hybridized carbons (Fsp3) is 0.806. The van der Waals surface area contributed by atoms with Crippen LogP contribution in [-0.2, 0) is 14.5 Å². The van der Waals surface area contributed by atoms with Crippen LogP contribution in [0.15, 0.2) is 24.3 Å². The van der Waals surface area contributed by atoms with Crippen LogP contribution in [0.25, 0.3) is 0 Å². The summed E-state index contributed by atoms with van der Waals surface area (Å²) in [6.45, 7) is 7.76. The Kier molecular flexibility index (Phi) is 6.46. The van der Waals surface area contributed by atoms with Crippen LogP contribution in [0.3, 0.4) is 0 Å². The summed E-state index contributed by atoms with van der Waals surface area (Å²) < 4.78 is 13.0. The number of benzene rings is 1. The fourth-order valence-corrected chi connectivity index (χ4v) is 8.22. The Morgan fingerprint density at radius 2 is 1.60 bits per heavy atom. The van der Waals surface area contributed by atoms with Crippen LogP contribution in [-0.4, -0.2) is 18.2 Å². The van der Waals surface area contributed by atoms with Gasteiger partial charge in [-0.05, 0) is 98.7 Å². The van der Waals surface area contributed by atoms with Gasteiger partial charge in [0.25, 0.3) is 0 Å². The molecule has 1 aromatic carbocycles. The molecule has 1 heterocycles. The van der Waals surface area contributed by atoms with Gasteiger partial charge in [-0.15, -0.1) is 0 Å². The maximum Gasteiger partial charge on any atom is 0.210 e. The zero-order chi connectivity index (χ0) is 24.1. The van der Waals surface area contributed by atoms with Gasteiger partial charge < -0.3 is 9.47 Å². The van der Waals surface area contributed by atoms with Crippen molar-refractivity contribution in [3.8, 4) is 5.75 Å². The van der Waals surface area contributed by atoms with Crippen LogP contribution < -0.4 is 4.74 Å². The van der Waals surface area contributed by atoms with Crippen molar-refractivity contribution in [3.05, 3.63) is 29.8 Å². The minimum Gasteiger partial charge on any atom is -0.494 e. The van der Waals surface area contributed by atoms with Gasteiger partial charge in [-0.2, -0.15) is 9.78 Å². The molecular formula is C31H46O4. The smallest absolute Gasteiger partial charge is 0.210 e. The molecule has 1 unspecified atom stereocenters. The second-order valence-electron chi connectivity index (χ2n) is 13.8. The number of unbranched alkanes of at least 4 members (excludes halogenated alkanes) is 2. The van der Waals surface area contributed by atoms with E-state index < -0.39 is 11.6 Å². The third kappa shape index (κ3) is 4.92. The van der Waals surface area contributed by atoms with E-state index in [2.05, 4.69) is 45.0 Å². The first-order valence-electron chi connectivity index (χ1n) is 14.6. The maximum atomic E-state index is 6.97. The molecule has 1 aliphatic heterocycles. The number of hydrogen-bond acceptors (Lipinski definition) is 4. The van der Waals surface area contributed by atoms with Crippen LogP contribution >= 0.6 is 0 Å². The maximum absolute atomic E-state index is 6.97. The molecule has 0 radical (unpaired) electrons. The van der Waals surface area contributed by atoms with Crippen LogP contribution in [0.1, 0.15) is 116 Å². The van der Waals surface area contributed by atoms with Gasteiger partial charge in [-0.1, -0.05) is 45.7 Å². The molecule has 0 N–H and O–H groups in total. The quantitative estimate of drug-likeness (QED) is 0.290. The molecule has 2 spiro atoms. The van der Waals surface area contributed by atoms with Crippen LogP contribution in [0, 0.1) is 29.1 Å². The lowest BCUT2D eigenvalue weighted by Crippen LogP contribution is -2.59. The van der Waals surface area contributed by atoms with E-state index in [1.165, 1.54) is 63.4 Å². The zero-order valence-corrected chi connectivity index (χ0v) is 22.2. The summed E-state index contributed by atoms with van der Waals surface area (Å²) in [4.78, 5) is 12.5. The molecule has 1 aromatic rings. The monoisotopic (exact) mass is 482 g/mol. The molecule has 4 nitrogen and oxygen atoms in total. The van der Waals surface area contributed by atoms with Gasteiger partial charge in [-0.25, -0.2) is 0 Å². The van der Waals surface area contributed by atoms with Crippen molar-refractivity contribution in [2.45, 2.75) is 122 Å². The van der Waals surface area contributed by atoms with Gasteiger partial charge in [0.1, 0.15) is 5.75 Å². The summed E-state index contributed by atoms with van der Waals surface area (Å²) in [5.41, 5.74) is 1.81. The highest BCUT2D eigenvalue weighted by Gasteiger charge is 2.67. The van der Waals surface area contributed by atoms with E-state index in [0.717, 1.165) is 49.9 Å². The molecule has 35 heavy (non-hydrogen) atoms. The number of ether oxygens (including phenoxy) is 2. The third-order valence-corrected chi connectivity index (χ3v) is 9.80. The summed E-state index contributed by atoms with van der Waals surface area (Å²) in [7, 11) is 0. The largest absolute Gasteiger partial charge is 0.494 e. The minimum atomic E-state index is -0.555. The van der Waals surface area contributed by atoms with E-state index in [1.54, 1.807) is 0 Å². The minimum absolute atomic E-state index is 0.436. The summed E-state index contributed by atoms with van der Waals surface area (Å²) >= 11 is 0. The van der Waals surface area contributed by atoms with E-state index in [4.69, 9.17) is 19.2 Å². The average molecular weight is 483 g/mol. The molecule has 194 valence electrons. The Morgan fingerprint density at radius 1 is 0.886 bits per heavy atom. The van der Waals surface area contributed by atoms with E-state index in [1.807, 2.05) is 0 Å². The molecule has 0 aromatic heterocycles.